The lowest BCUT2D eigenvalue weighted by atomic mass is 9.93. The molecule has 0 saturated carbocycles. The number of fused-ring (bicyclic) bond motifs is 3. The average molecular weight is 507 g/mol. The fraction of sp³-hybridized carbons (Fsp3) is 0.333. The molecule has 0 atom stereocenters. The molecule has 1 aliphatic carbocycles. The molecule has 188 valence electrons. The number of aliphatic hydroxyl groups excluding tert-OH is 1. The second kappa shape index (κ2) is 9.91. The Kier molecular flexibility index (Phi) is 6.68. The van der Waals surface area contributed by atoms with Crippen LogP contribution in [-0.4, -0.2) is 45.4 Å². The Morgan fingerprint density at radius 2 is 2.11 bits per heavy atom. The summed E-state index contributed by atoms with van der Waals surface area (Å²) >= 11 is 0. The predicted molar refractivity (Wildman–Crippen MR) is 141 cm³/mol. The molecule has 0 unspecified atom stereocenters. The van der Waals surface area contributed by atoms with Crippen molar-refractivity contribution in [2.24, 2.45) is 0 Å². The third kappa shape index (κ3) is 4.68. The average Bonchev–Trinajstić information content (AvgIpc) is 3.51. The number of ether oxygens (including phenoxy) is 1. The fourth-order valence-corrected chi connectivity index (χ4v) is 5.69. The first kappa shape index (κ1) is 24.3. The van der Waals surface area contributed by atoms with Gasteiger partial charge in [-0.1, -0.05) is 19.1 Å². The van der Waals surface area contributed by atoms with Crippen molar-refractivity contribution in [3.8, 4) is 5.75 Å². The molecule has 3 heterocycles. The van der Waals surface area contributed by atoms with Crippen molar-refractivity contribution >= 4 is 37.3 Å². The van der Waals surface area contributed by atoms with E-state index in [4.69, 9.17) is 4.74 Å². The maximum Gasteiger partial charge on any atom is 0.177 e. The number of aryl methyl sites for hydroxylation is 2. The number of benzene rings is 1. The van der Waals surface area contributed by atoms with Crippen LogP contribution in [0.3, 0.4) is 0 Å². The topological polar surface area (TPSA) is 110 Å². The van der Waals surface area contributed by atoms with Crippen LogP contribution in [0.4, 0.5) is 0 Å². The summed E-state index contributed by atoms with van der Waals surface area (Å²) in [5.74, 6) is 0.820. The van der Waals surface area contributed by atoms with E-state index in [9.17, 15) is 13.5 Å². The molecule has 3 aromatic heterocycles. The summed E-state index contributed by atoms with van der Waals surface area (Å²) in [7, 11) is -3.28. The van der Waals surface area contributed by atoms with Crippen molar-refractivity contribution in [1.82, 2.24) is 19.5 Å². The number of aliphatic hydroxyl groups is 1. The molecule has 0 fully saturated rings. The van der Waals surface area contributed by atoms with Gasteiger partial charge in [-0.25, -0.2) is 18.4 Å². The number of allylic oxidation sites excluding steroid dienone is 3. The third-order valence-corrected chi connectivity index (χ3v) is 8.29. The van der Waals surface area contributed by atoms with Crippen molar-refractivity contribution in [2.75, 3.05) is 12.4 Å². The Hall–Kier alpha value is -3.43. The Morgan fingerprint density at radius 1 is 1.25 bits per heavy atom. The van der Waals surface area contributed by atoms with E-state index in [1.807, 2.05) is 48.2 Å². The Morgan fingerprint density at radius 3 is 2.89 bits per heavy atom. The highest BCUT2D eigenvalue weighted by Crippen LogP contribution is 2.40. The second-order valence-corrected chi connectivity index (χ2v) is 11.4. The van der Waals surface area contributed by atoms with E-state index < -0.39 is 9.84 Å². The van der Waals surface area contributed by atoms with Crippen LogP contribution in [0.5, 0.6) is 5.75 Å². The molecule has 2 N–H and O–H groups in total. The van der Waals surface area contributed by atoms with Gasteiger partial charge in [0.15, 0.2) is 9.84 Å². The van der Waals surface area contributed by atoms with Gasteiger partial charge in [0.05, 0.1) is 41.4 Å². The van der Waals surface area contributed by atoms with Gasteiger partial charge in [0, 0.05) is 29.7 Å². The largest absolute Gasteiger partial charge is 0.491 e. The first-order valence-corrected chi connectivity index (χ1v) is 13.8. The summed E-state index contributed by atoms with van der Waals surface area (Å²) in [5, 5.41) is 11.2. The lowest BCUT2D eigenvalue weighted by Gasteiger charge is -2.16. The minimum absolute atomic E-state index is 0.0696. The molecule has 36 heavy (non-hydrogen) atoms. The molecule has 4 aromatic rings. The molecule has 0 bridgehead atoms. The van der Waals surface area contributed by atoms with E-state index in [-0.39, 0.29) is 12.4 Å². The summed E-state index contributed by atoms with van der Waals surface area (Å²) in [6.45, 7) is 4.86. The molecule has 1 aromatic carbocycles. The zero-order chi connectivity index (χ0) is 25.3. The molecule has 9 heteroatoms. The monoisotopic (exact) mass is 506 g/mol. The summed E-state index contributed by atoms with van der Waals surface area (Å²) in [5.41, 5.74) is 5.34. The van der Waals surface area contributed by atoms with E-state index in [2.05, 4.69) is 21.0 Å². The fourth-order valence-electron chi connectivity index (χ4n) is 4.66. The molecular weight excluding hydrogens is 476 g/mol. The number of hydrogen-bond acceptors (Lipinski definition) is 6. The van der Waals surface area contributed by atoms with E-state index in [0.717, 1.165) is 63.8 Å². The van der Waals surface area contributed by atoms with Crippen molar-refractivity contribution in [1.29, 1.82) is 0 Å². The molecule has 0 aliphatic heterocycles. The van der Waals surface area contributed by atoms with Crippen LogP contribution >= 0.6 is 0 Å². The molecule has 0 saturated heterocycles. The number of rotatable bonds is 9. The number of nitrogens with one attached hydrogen (secondary N) is 1. The first-order valence-electron chi connectivity index (χ1n) is 12.2. The summed E-state index contributed by atoms with van der Waals surface area (Å²) in [4.78, 5) is 12.6. The van der Waals surface area contributed by atoms with Crippen LogP contribution < -0.4 is 4.74 Å². The zero-order valence-electron chi connectivity index (χ0n) is 20.5. The van der Waals surface area contributed by atoms with Gasteiger partial charge in [-0.15, -0.1) is 0 Å². The van der Waals surface area contributed by atoms with Gasteiger partial charge in [0.1, 0.15) is 11.4 Å². The summed E-state index contributed by atoms with van der Waals surface area (Å²) in [6, 6.07) is 6.09. The van der Waals surface area contributed by atoms with Crippen LogP contribution in [0.15, 0.2) is 54.0 Å². The number of nitrogens with zero attached hydrogens (tertiary/aromatic N) is 3. The van der Waals surface area contributed by atoms with Crippen molar-refractivity contribution in [3.63, 3.8) is 0 Å². The van der Waals surface area contributed by atoms with Crippen molar-refractivity contribution in [3.05, 3.63) is 70.8 Å². The number of aromatic nitrogens is 4. The summed E-state index contributed by atoms with van der Waals surface area (Å²) < 4.78 is 33.3. The predicted octanol–water partition coefficient (Wildman–Crippen LogP) is 4.68. The minimum Gasteiger partial charge on any atom is -0.491 e. The van der Waals surface area contributed by atoms with Crippen LogP contribution in [0.25, 0.3) is 27.5 Å². The molecule has 5 rings (SSSR count). The first-order chi connectivity index (χ1) is 17.4. The van der Waals surface area contributed by atoms with Gasteiger partial charge in [-0.2, -0.15) is 0 Å². The highest BCUT2D eigenvalue weighted by atomic mass is 32.2. The van der Waals surface area contributed by atoms with Crippen LogP contribution in [0.2, 0.25) is 0 Å². The Bertz CT molecular complexity index is 1590. The molecule has 0 spiro atoms. The van der Waals surface area contributed by atoms with Gasteiger partial charge >= 0.3 is 0 Å². The minimum atomic E-state index is -3.28. The number of pyridine rings is 1. The molecule has 8 nitrogen and oxygen atoms in total. The standard InChI is InChI=1S/C27H30N4O4S/c1-3-36(33,34)21-7-4-6-19(13-21)22-8-9-24(35-11-5-10-31-15-20(16-32)29-17-31)26-25(22)23-12-18(2)14-28-27(23)30-26/h7-9,12-15,17,32H,3-6,10-11,16H2,1-2H3,(H,28,30). The maximum atomic E-state index is 12.6. The lowest BCUT2D eigenvalue weighted by molar-refractivity contribution is 0.277. The molecular formula is C27H30N4O4S. The highest BCUT2D eigenvalue weighted by Gasteiger charge is 2.21. The van der Waals surface area contributed by atoms with E-state index in [1.165, 1.54) is 0 Å². The van der Waals surface area contributed by atoms with Gasteiger partial charge in [0.2, 0.25) is 0 Å². The summed E-state index contributed by atoms with van der Waals surface area (Å²) in [6.07, 6.45) is 11.2. The SMILES string of the molecule is CCS(=O)(=O)C1=CCCC(c2ccc(OCCCn3cnc(CO)c3)c3[nH]c4ncc(C)cc4c23)=C1. The maximum absolute atomic E-state index is 12.6. The van der Waals surface area contributed by atoms with Gasteiger partial charge in [-0.05, 0) is 61.1 Å². The number of hydrogen-bond donors (Lipinski definition) is 2. The molecule has 0 radical (unpaired) electrons. The highest BCUT2D eigenvalue weighted by molar-refractivity contribution is 7.95. The van der Waals surface area contributed by atoms with Gasteiger partial charge in [-0.3, -0.25) is 0 Å². The number of sulfone groups is 1. The Balaban J connectivity index is 1.49. The van der Waals surface area contributed by atoms with E-state index in [0.29, 0.717) is 23.6 Å². The van der Waals surface area contributed by atoms with Crippen LogP contribution in [-0.2, 0) is 23.0 Å². The van der Waals surface area contributed by atoms with Gasteiger partial charge in [0.25, 0.3) is 0 Å². The number of H-pyrrole nitrogens is 1. The number of aromatic amines is 1. The lowest BCUT2D eigenvalue weighted by Crippen LogP contribution is -2.08. The zero-order valence-corrected chi connectivity index (χ0v) is 21.3. The third-order valence-electron chi connectivity index (χ3n) is 6.53. The smallest absolute Gasteiger partial charge is 0.177 e. The van der Waals surface area contributed by atoms with Crippen molar-refractivity contribution < 1.29 is 18.3 Å². The number of imidazole rings is 1. The van der Waals surface area contributed by atoms with Gasteiger partial charge < -0.3 is 19.4 Å². The van der Waals surface area contributed by atoms with Crippen molar-refractivity contribution in [2.45, 2.75) is 46.3 Å². The quantitative estimate of drug-likeness (QED) is 0.319. The normalized spacial score (nSPS) is 14.3. The van der Waals surface area contributed by atoms with E-state index >= 15 is 0 Å². The molecule has 1 aliphatic rings. The molecule has 0 amide bonds. The van der Waals surface area contributed by atoms with E-state index in [1.54, 1.807) is 13.3 Å². The van der Waals surface area contributed by atoms with Crippen LogP contribution in [0, 0.1) is 6.92 Å². The van der Waals surface area contributed by atoms with Crippen LogP contribution in [0.1, 0.15) is 43.0 Å². The second-order valence-electron chi connectivity index (χ2n) is 9.08. The Labute approximate surface area is 210 Å².